The predicted molar refractivity (Wildman–Crippen MR) is 113 cm³/mol. The molecule has 0 saturated heterocycles. The largest absolute Gasteiger partial charge is 0.466 e. The summed E-state index contributed by atoms with van der Waals surface area (Å²) in [5.74, 6) is -0.685. The molecule has 0 bridgehead atoms. The van der Waals surface area contributed by atoms with Crippen LogP contribution in [-0.2, 0) is 19.6 Å². The van der Waals surface area contributed by atoms with Gasteiger partial charge in [0.15, 0.2) is 0 Å². The first-order chi connectivity index (χ1) is 13.9. The number of hydrazone groups is 1. The molecule has 0 radical (unpaired) electrons. The van der Waals surface area contributed by atoms with Gasteiger partial charge in [-0.25, -0.2) is 4.79 Å². The van der Waals surface area contributed by atoms with Crippen molar-refractivity contribution in [3.05, 3.63) is 90.1 Å². The van der Waals surface area contributed by atoms with Crippen molar-refractivity contribution in [2.45, 2.75) is 11.8 Å². The van der Waals surface area contributed by atoms with Gasteiger partial charge in [-0.1, -0.05) is 54.1 Å². The topological polar surface area (TPSA) is 76.0 Å². The molecule has 0 atom stereocenters. The summed E-state index contributed by atoms with van der Waals surface area (Å²) >= 11 is 0. The fraction of sp³-hybridized carbons (Fsp3) is 0.0909. The monoisotopic (exact) mass is 408 g/mol. The third-order valence-corrected chi connectivity index (χ3v) is 5.77. The van der Waals surface area contributed by atoms with E-state index in [0.29, 0.717) is 0 Å². The summed E-state index contributed by atoms with van der Waals surface area (Å²) in [5, 5.41) is 6.18. The van der Waals surface area contributed by atoms with Gasteiger partial charge in [-0.15, -0.1) is 0 Å². The molecule has 0 fully saturated rings. The molecule has 0 aliphatic heterocycles. The highest BCUT2D eigenvalue weighted by molar-refractivity contribution is 7.89. The van der Waals surface area contributed by atoms with E-state index in [1.165, 1.54) is 25.5 Å². The number of nitrogens with zero attached hydrogens (tertiary/aromatic N) is 2. The smallest absolute Gasteiger partial charge is 0.332 e. The number of hydrogen-bond donors (Lipinski definition) is 0. The first-order valence-electron chi connectivity index (χ1n) is 8.80. The summed E-state index contributed by atoms with van der Waals surface area (Å²) in [6.45, 7) is 1.86. The SMILES string of the molecule is COC(=O)/C=C/N(/N=C/c1ccc2ccccc2c1)S(=O)(=O)c1ccc(C)cc1. The van der Waals surface area contributed by atoms with E-state index < -0.39 is 16.0 Å². The van der Waals surface area contributed by atoms with Crippen LogP contribution < -0.4 is 0 Å². The molecule has 7 heteroatoms. The van der Waals surface area contributed by atoms with Crippen LogP contribution in [0.1, 0.15) is 11.1 Å². The van der Waals surface area contributed by atoms with Crippen LogP contribution in [0.4, 0.5) is 0 Å². The Labute approximate surface area is 169 Å². The van der Waals surface area contributed by atoms with Crippen LogP contribution in [0.3, 0.4) is 0 Å². The van der Waals surface area contributed by atoms with Crippen LogP contribution in [0.15, 0.2) is 89.0 Å². The van der Waals surface area contributed by atoms with Crippen LogP contribution >= 0.6 is 0 Å². The Kier molecular flexibility index (Phi) is 6.09. The standard InChI is InChI=1S/C22H20N2O4S/c1-17-7-11-21(12-8-17)29(26,27)24(14-13-22(25)28-2)23-16-18-9-10-19-5-3-4-6-20(19)15-18/h3-16H,1-2H3/b14-13+,23-16+. The van der Waals surface area contributed by atoms with E-state index >= 15 is 0 Å². The molecule has 0 amide bonds. The van der Waals surface area contributed by atoms with Gasteiger partial charge in [0.2, 0.25) is 0 Å². The average molecular weight is 408 g/mol. The van der Waals surface area contributed by atoms with Crippen LogP contribution in [0.25, 0.3) is 10.8 Å². The quantitative estimate of drug-likeness (QED) is 0.269. The lowest BCUT2D eigenvalue weighted by atomic mass is 10.1. The first-order valence-corrected chi connectivity index (χ1v) is 10.2. The molecule has 3 aromatic rings. The summed E-state index contributed by atoms with van der Waals surface area (Å²) in [5.41, 5.74) is 1.65. The maximum Gasteiger partial charge on any atom is 0.332 e. The van der Waals surface area contributed by atoms with Gasteiger partial charge < -0.3 is 4.74 Å². The van der Waals surface area contributed by atoms with Crippen LogP contribution in [0.5, 0.6) is 0 Å². The van der Waals surface area contributed by atoms with Crippen molar-refractivity contribution in [2.75, 3.05) is 7.11 Å². The van der Waals surface area contributed by atoms with Crippen LogP contribution in [0.2, 0.25) is 0 Å². The third-order valence-electron chi connectivity index (χ3n) is 4.20. The molecule has 0 aliphatic carbocycles. The Balaban J connectivity index is 1.97. The number of methoxy groups -OCH3 is 1. The molecular formula is C22H20N2O4S. The van der Waals surface area contributed by atoms with Crippen molar-refractivity contribution < 1.29 is 17.9 Å². The number of carbonyl (C=O) groups is 1. The normalized spacial score (nSPS) is 11.9. The lowest BCUT2D eigenvalue weighted by Crippen LogP contribution is -2.21. The zero-order valence-corrected chi connectivity index (χ0v) is 16.8. The third kappa shape index (κ3) is 4.89. The zero-order chi connectivity index (χ0) is 20.9. The second-order valence-corrected chi connectivity index (χ2v) is 8.08. The van der Waals surface area contributed by atoms with E-state index in [0.717, 1.165) is 38.6 Å². The molecule has 0 N–H and O–H groups in total. The first kappa shape index (κ1) is 20.3. The van der Waals surface area contributed by atoms with Gasteiger partial charge in [0, 0.05) is 12.3 Å². The lowest BCUT2D eigenvalue weighted by molar-refractivity contribution is -0.134. The Morgan fingerprint density at radius 3 is 2.38 bits per heavy atom. The fourth-order valence-corrected chi connectivity index (χ4v) is 3.69. The van der Waals surface area contributed by atoms with Gasteiger partial charge in [-0.05, 0) is 41.5 Å². The number of aryl methyl sites for hydroxylation is 1. The van der Waals surface area contributed by atoms with Crippen molar-refractivity contribution in [1.29, 1.82) is 0 Å². The fourth-order valence-electron chi connectivity index (χ4n) is 2.60. The molecule has 0 unspecified atom stereocenters. The molecular weight excluding hydrogens is 388 g/mol. The van der Waals surface area contributed by atoms with Gasteiger partial charge in [0.25, 0.3) is 10.0 Å². The van der Waals surface area contributed by atoms with Gasteiger partial charge in [0.1, 0.15) is 0 Å². The molecule has 0 aromatic heterocycles. The maximum absolute atomic E-state index is 13.0. The molecule has 0 aliphatic rings. The predicted octanol–water partition coefficient (Wildman–Crippen LogP) is 3.86. The Bertz CT molecular complexity index is 1180. The molecule has 0 heterocycles. The molecule has 29 heavy (non-hydrogen) atoms. The number of hydrogen-bond acceptors (Lipinski definition) is 5. The minimum atomic E-state index is -3.99. The number of benzene rings is 3. The number of carbonyl (C=O) groups excluding carboxylic acids is 1. The van der Waals surface area contributed by atoms with Crippen LogP contribution in [0, 0.1) is 6.92 Å². The summed E-state index contributed by atoms with van der Waals surface area (Å²) in [7, 11) is -2.78. The van der Waals surface area contributed by atoms with E-state index in [9.17, 15) is 13.2 Å². The zero-order valence-electron chi connectivity index (χ0n) is 16.0. The Morgan fingerprint density at radius 2 is 1.69 bits per heavy atom. The number of fused-ring (bicyclic) bond motifs is 1. The van der Waals surface area contributed by atoms with E-state index in [-0.39, 0.29) is 4.90 Å². The van der Waals surface area contributed by atoms with E-state index in [1.807, 2.05) is 49.4 Å². The van der Waals surface area contributed by atoms with E-state index in [2.05, 4.69) is 9.84 Å². The molecule has 0 saturated carbocycles. The van der Waals surface area contributed by atoms with E-state index in [4.69, 9.17) is 0 Å². The summed E-state index contributed by atoms with van der Waals surface area (Å²) in [4.78, 5) is 11.5. The Morgan fingerprint density at radius 1 is 1.00 bits per heavy atom. The minimum absolute atomic E-state index is 0.0632. The van der Waals surface area contributed by atoms with Gasteiger partial charge >= 0.3 is 5.97 Å². The van der Waals surface area contributed by atoms with Crippen molar-refractivity contribution in [3.8, 4) is 0 Å². The number of rotatable bonds is 6. The van der Waals surface area contributed by atoms with Crippen molar-refractivity contribution in [1.82, 2.24) is 4.41 Å². The highest BCUT2D eigenvalue weighted by Gasteiger charge is 2.21. The molecule has 3 aromatic carbocycles. The van der Waals surface area contributed by atoms with Gasteiger partial charge in [-0.2, -0.15) is 17.9 Å². The van der Waals surface area contributed by atoms with Crippen molar-refractivity contribution >= 4 is 33.0 Å². The molecule has 6 nitrogen and oxygen atoms in total. The summed E-state index contributed by atoms with van der Waals surface area (Å²) < 4.78 is 31.3. The van der Waals surface area contributed by atoms with Crippen LogP contribution in [-0.4, -0.2) is 32.1 Å². The molecule has 0 spiro atoms. The van der Waals surface area contributed by atoms with Gasteiger partial charge in [-0.3, -0.25) is 0 Å². The van der Waals surface area contributed by atoms with Crippen molar-refractivity contribution in [3.63, 3.8) is 0 Å². The average Bonchev–Trinajstić information content (AvgIpc) is 2.73. The maximum atomic E-state index is 13.0. The highest BCUT2D eigenvalue weighted by atomic mass is 32.2. The minimum Gasteiger partial charge on any atom is -0.466 e. The number of esters is 1. The number of ether oxygens (including phenoxy) is 1. The Hall–Kier alpha value is -3.45. The highest BCUT2D eigenvalue weighted by Crippen LogP contribution is 2.18. The lowest BCUT2D eigenvalue weighted by Gasteiger charge is -2.15. The van der Waals surface area contributed by atoms with Crippen molar-refractivity contribution in [2.24, 2.45) is 5.10 Å². The van der Waals surface area contributed by atoms with E-state index in [1.54, 1.807) is 12.1 Å². The molecule has 148 valence electrons. The number of sulfonamides is 1. The second kappa shape index (κ2) is 8.70. The summed E-state index contributed by atoms with van der Waals surface area (Å²) in [6, 6.07) is 19.9. The summed E-state index contributed by atoms with van der Waals surface area (Å²) in [6.07, 6.45) is 3.50. The molecule has 3 rings (SSSR count). The second-order valence-electron chi connectivity index (χ2n) is 6.28. The van der Waals surface area contributed by atoms with Gasteiger partial charge in [0.05, 0.1) is 18.2 Å².